The largest absolute Gasteiger partial charge is 0.618 e. The van der Waals surface area contributed by atoms with E-state index < -0.39 is 29.6 Å². The Labute approximate surface area is 224 Å². The molecular weight excluding hydrogens is 536 g/mol. The van der Waals surface area contributed by atoms with Crippen molar-refractivity contribution in [3.05, 3.63) is 118 Å². The number of carbonyl (C=O) groups excluding carboxylic acids is 1. The number of nitrogens with one attached hydrogen (secondary N) is 1. The fraction of sp³-hybridized carbons (Fsp3) is 0.107. The summed E-state index contributed by atoms with van der Waals surface area (Å²) in [6.07, 6.45) is -4.01. The molecule has 2 heterocycles. The van der Waals surface area contributed by atoms with Crippen molar-refractivity contribution >= 4 is 28.4 Å². The van der Waals surface area contributed by atoms with Crippen LogP contribution in [0.5, 0.6) is 0 Å². The molecular formula is C28H19ClF4N4O2. The summed E-state index contributed by atoms with van der Waals surface area (Å²) >= 11 is 6.43. The third kappa shape index (κ3) is 5.15. The molecule has 39 heavy (non-hydrogen) atoms. The van der Waals surface area contributed by atoms with Crippen LogP contribution in [0.25, 0.3) is 27.8 Å². The van der Waals surface area contributed by atoms with Crippen molar-refractivity contribution in [2.24, 2.45) is 0 Å². The van der Waals surface area contributed by atoms with Gasteiger partial charge in [0.2, 0.25) is 0 Å². The molecule has 2 aromatic heterocycles. The number of amides is 1. The van der Waals surface area contributed by atoms with E-state index in [1.165, 1.54) is 12.1 Å². The molecule has 5 aromatic rings. The zero-order valence-corrected chi connectivity index (χ0v) is 21.0. The van der Waals surface area contributed by atoms with Crippen molar-refractivity contribution in [2.75, 3.05) is 0 Å². The first-order valence-electron chi connectivity index (χ1n) is 11.7. The SMILES string of the molecule is CC(NC(=O)c1ccc2c(-c3ccccc3Cl)nn(-c3ccc(F)cc3)c2c1)c1ccc(C(F)(F)F)[n+]([O-])c1. The highest BCUT2D eigenvalue weighted by Crippen LogP contribution is 2.34. The molecule has 0 bridgehead atoms. The number of hydrogen-bond acceptors (Lipinski definition) is 3. The fourth-order valence-corrected chi connectivity index (χ4v) is 4.45. The minimum absolute atomic E-state index is 0.199. The Hall–Kier alpha value is -4.44. The smallest absolute Gasteiger partial charge is 0.478 e. The second kappa shape index (κ2) is 10.0. The van der Waals surface area contributed by atoms with Crippen LogP contribution in [-0.2, 0) is 6.18 Å². The summed E-state index contributed by atoms with van der Waals surface area (Å²) in [5.74, 6) is -0.939. The van der Waals surface area contributed by atoms with Gasteiger partial charge in [-0.2, -0.15) is 23.0 Å². The zero-order valence-electron chi connectivity index (χ0n) is 20.2. The van der Waals surface area contributed by atoms with Crippen molar-refractivity contribution in [1.29, 1.82) is 0 Å². The molecule has 1 N–H and O–H groups in total. The number of benzene rings is 3. The number of aromatic nitrogens is 3. The first kappa shape index (κ1) is 26.2. The number of hydrogen-bond donors (Lipinski definition) is 1. The van der Waals surface area contributed by atoms with Gasteiger partial charge in [-0.1, -0.05) is 29.8 Å². The molecule has 0 aliphatic heterocycles. The van der Waals surface area contributed by atoms with Crippen molar-refractivity contribution in [1.82, 2.24) is 15.1 Å². The van der Waals surface area contributed by atoms with Crippen LogP contribution in [0.1, 0.15) is 34.6 Å². The van der Waals surface area contributed by atoms with E-state index in [1.807, 2.05) is 12.1 Å². The van der Waals surface area contributed by atoms with E-state index in [9.17, 15) is 27.6 Å². The van der Waals surface area contributed by atoms with Gasteiger partial charge in [-0.15, -0.1) is 0 Å². The number of fused-ring (bicyclic) bond motifs is 1. The second-order valence-corrected chi connectivity index (χ2v) is 9.22. The van der Waals surface area contributed by atoms with Gasteiger partial charge in [-0.05, 0) is 61.5 Å². The Bertz CT molecular complexity index is 1700. The lowest BCUT2D eigenvalue weighted by molar-refractivity contribution is -0.629. The number of nitrogens with zero attached hydrogens (tertiary/aromatic N) is 3. The van der Waals surface area contributed by atoms with Crippen molar-refractivity contribution < 1.29 is 27.1 Å². The number of halogens is 5. The Balaban J connectivity index is 1.52. The van der Waals surface area contributed by atoms with Crippen LogP contribution in [0.4, 0.5) is 17.6 Å². The average molecular weight is 555 g/mol. The van der Waals surface area contributed by atoms with Gasteiger partial charge in [0.1, 0.15) is 11.5 Å². The summed E-state index contributed by atoms with van der Waals surface area (Å²) in [7, 11) is 0. The zero-order chi connectivity index (χ0) is 27.9. The third-order valence-corrected chi connectivity index (χ3v) is 6.55. The quantitative estimate of drug-likeness (QED) is 0.151. The fourth-order valence-electron chi connectivity index (χ4n) is 4.22. The van der Waals surface area contributed by atoms with Gasteiger partial charge in [-0.3, -0.25) is 4.79 Å². The molecule has 0 spiro atoms. The lowest BCUT2D eigenvalue weighted by Crippen LogP contribution is -2.38. The molecule has 6 nitrogen and oxygen atoms in total. The number of carbonyl (C=O) groups is 1. The number of rotatable bonds is 5. The van der Waals surface area contributed by atoms with Crippen molar-refractivity contribution in [3.8, 4) is 16.9 Å². The predicted octanol–water partition coefficient (Wildman–Crippen LogP) is 6.63. The van der Waals surface area contributed by atoms with Crippen LogP contribution in [0, 0.1) is 11.0 Å². The summed E-state index contributed by atoms with van der Waals surface area (Å²) in [6, 6.07) is 18.8. The highest BCUT2D eigenvalue weighted by molar-refractivity contribution is 6.33. The maximum atomic E-state index is 13.6. The Kier molecular flexibility index (Phi) is 6.73. The van der Waals surface area contributed by atoms with E-state index in [2.05, 4.69) is 5.32 Å². The van der Waals surface area contributed by atoms with E-state index in [1.54, 1.807) is 54.1 Å². The molecule has 11 heteroatoms. The van der Waals surface area contributed by atoms with E-state index in [4.69, 9.17) is 16.7 Å². The maximum Gasteiger partial charge on any atom is 0.478 e. The highest BCUT2D eigenvalue weighted by atomic mass is 35.5. The lowest BCUT2D eigenvalue weighted by Gasteiger charge is -2.15. The molecule has 1 amide bonds. The van der Waals surface area contributed by atoms with Gasteiger partial charge >= 0.3 is 6.18 Å². The minimum atomic E-state index is -4.79. The van der Waals surface area contributed by atoms with E-state index in [0.29, 0.717) is 38.9 Å². The highest BCUT2D eigenvalue weighted by Gasteiger charge is 2.39. The summed E-state index contributed by atoms with van der Waals surface area (Å²) in [4.78, 5) is 13.1. The van der Waals surface area contributed by atoms with Gasteiger partial charge in [0.25, 0.3) is 11.6 Å². The summed E-state index contributed by atoms with van der Waals surface area (Å²) in [6.45, 7) is 1.55. The summed E-state index contributed by atoms with van der Waals surface area (Å²) in [5.41, 5.74) is 1.42. The van der Waals surface area contributed by atoms with E-state index >= 15 is 0 Å². The number of alkyl halides is 3. The lowest BCUT2D eigenvalue weighted by atomic mass is 10.0. The third-order valence-electron chi connectivity index (χ3n) is 6.22. The molecule has 5 rings (SSSR count). The Morgan fingerprint density at radius 1 is 1.05 bits per heavy atom. The standard InChI is InChI=1S/C28H19ClF4N4O2/c1-16(18-7-13-25(28(31,32)33)36(39)15-18)34-27(38)17-6-12-22-24(14-17)37(20-10-8-19(30)9-11-20)35-26(22)21-4-2-3-5-23(21)29/h2-16H,1H3,(H,34,38). The minimum Gasteiger partial charge on any atom is -0.618 e. The summed E-state index contributed by atoms with van der Waals surface area (Å²) in [5, 5.41) is 20.5. The predicted molar refractivity (Wildman–Crippen MR) is 138 cm³/mol. The Morgan fingerprint density at radius 2 is 1.77 bits per heavy atom. The molecule has 3 aromatic carbocycles. The summed E-state index contributed by atoms with van der Waals surface area (Å²) < 4.78 is 53.7. The molecule has 0 aliphatic carbocycles. The molecule has 0 aliphatic rings. The van der Waals surface area contributed by atoms with E-state index in [0.717, 1.165) is 12.3 Å². The molecule has 1 atom stereocenters. The van der Waals surface area contributed by atoms with Gasteiger partial charge in [0.05, 0.1) is 22.3 Å². The molecule has 0 radical (unpaired) electrons. The average Bonchev–Trinajstić information content (AvgIpc) is 3.27. The van der Waals surface area contributed by atoms with Crippen LogP contribution in [0.2, 0.25) is 5.02 Å². The molecule has 0 saturated heterocycles. The molecule has 0 saturated carbocycles. The van der Waals surface area contributed by atoms with Crippen molar-refractivity contribution in [2.45, 2.75) is 19.1 Å². The first-order valence-corrected chi connectivity index (χ1v) is 12.1. The molecule has 0 fully saturated rings. The Morgan fingerprint density at radius 3 is 2.44 bits per heavy atom. The molecule has 1 unspecified atom stereocenters. The van der Waals surface area contributed by atoms with Crippen molar-refractivity contribution in [3.63, 3.8) is 0 Å². The van der Waals surface area contributed by atoms with Gasteiger partial charge in [0, 0.05) is 28.1 Å². The second-order valence-electron chi connectivity index (χ2n) is 8.81. The van der Waals surface area contributed by atoms with Gasteiger partial charge < -0.3 is 10.5 Å². The van der Waals surface area contributed by atoms with Crippen LogP contribution in [-0.4, -0.2) is 15.7 Å². The normalized spacial score (nSPS) is 12.5. The maximum absolute atomic E-state index is 13.6. The van der Waals surface area contributed by atoms with Crippen LogP contribution in [0.3, 0.4) is 0 Å². The first-order chi connectivity index (χ1) is 18.5. The monoisotopic (exact) mass is 554 g/mol. The number of pyridine rings is 1. The topological polar surface area (TPSA) is 73.9 Å². The van der Waals surface area contributed by atoms with Crippen LogP contribution >= 0.6 is 11.6 Å². The molecule has 198 valence electrons. The van der Waals surface area contributed by atoms with Crippen LogP contribution in [0.15, 0.2) is 85.1 Å². The van der Waals surface area contributed by atoms with Gasteiger partial charge in [-0.25, -0.2) is 9.07 Å². The van der Waals surface area contributed by atoms with Gasteiger partial charge in [0.15, 0.2) is 6.20 Å². The van der Waals surface area contributed by atoms with Crippen LogP contribution < -0.4 is 10.0 Å². The van der Waals surface area contributed by atoms with E-state index in [-0.39, 0.29) is 15.9 Å².